The quantitative estimate of drug-likeness (QED) is 0.562. The van der Waals surface area contributed by atoms with Gasteiger partial charge in [0, 0.05) is 10.8 Å². The number of hydrogen-bond acceptors (Lipinski definition) is 5. The number of benzene rings is 1. The fraction of sp³-hybridized carbons (Fsp3) is 0.133. The minimum atomic E-state index is -0.370. The monoisotopic (exact) mass is 314 g/mol. The number of carbonyl (C=O) groups is 1. The average molecular weight is 314 g/mol. The SMILES string of the molecule is Cc1cc2cc(N=C(N)NC(=O)c3csc(C)n3)ccc2o1. The van der Waals surface area contributed by atoms with Crippen LogP contribution in [0.15, 0.2) is 39.1 Å². The summed E-state index contributed by atoms with van der Waals surface area (Å²) >= 11 is 1.40. The Morgan fingerprint density at radius 3 is 2.91 bits per heavy atom. The van der Waals surface area contributed by atoms with Crippen LogP contribution in [0.2, 0.25) is 0 Å². The number of thiazole rings is 1. The van der Waals surface area contributed by atoms with Gasteiger partial charge in [0.05, 0.1) is 10.7 Å². The smallest absolute Gasteiger partial charge is 0.277 e. The van der Waals surface area contributed by atoms with E-state index in [-0.39, 0.29) is 11.9 Å². The molecule has 0 spiro atoms. The first-order valence-electron chi connectivity index (χ1n) is 6.59. The van der Waals surface area contributed by atoms with E-state index in [2.05, 4.69) is 15.3 Å². The van der Waals surface area contributed by atoms with E-state index in [1.807, 2.05) is 32.0 Å². The molecule has 0 saturated carbocycles. The van der Waals surface area contributed by atoms with E-state index in [0.29, 0.717) is 11.4 Å². The molecule has 3 N–H and O–H groups in total. The van der Waals surface area contributed by atoms with Crippen LogP contribution in [0.1, 0.15) is 21.3 Å². The van der Waals surface area contributed by atoms with Crippen LogP contribution in [0.5, 0.6) is 0 Å². The number of nitrogens with one attached hydrogen (secondary N) is 1. The van der Waals surface area contributed by atoms with Gasteiger partial charge in [0.1, 0.15) is 17.0 Å². The maximum absolute atomic E-state index is 11.9. The summed E-state index contributed by atoms with van der Waals surface area (Å²) in [7, 11) is 0. The van der Waals surface area contributed by atoms with Crippen LogP contribution < -0.4 is 11.1 Å². The Morgan fingerprint density at radius 2 is 2.18 bits per heavy atom. The summed E-state index contributed by atoms with van der Waals surface area (Å²) in [5.74, 6) is 0.484. The highest BCUT2D eigenvalue weighted by atomic mass is 32.1. The zero-order valence-electron chi connectivity index (χ0n) is 12.1. The molecule has 0 aliphatic carbocycles. The predicted octanol–water partition coefficient (Wildman–Crippen LogP) is 2.88. The molecule has 22 heavy (non-hydrogen) atoms. The van der Waals surface area contributed by atoms with Gasteiger partial charge in [-0.15, -0.1) is 11.3 Å². The van der Waals surface area contributed by atoms with Gasteiger partial charge < -0.3 is 10.2 Å². The van der Waals surface area contributed by atoms with Crippen molar-refractivity contribution in [1.82, 2.24) is 10.3 Å². The highest BCUT2D eigenvalue weighted by molar-refractivity contribution is 7.09. The molecular weight excluding hydrogens is 300 g/mol. The highest BCUT2D eigenvalue weighted by Crippen LogP contribution is 2.24. The maximum atomic E-state index is 11.9. The second kappa shape index (κ2) is 5.61. The molecule has 1 amide bonds. The van der Waals surface area contributed by atoms with Crippen molar-refractivity contribution >= 4 is 39.9 Å². The molecule has 112 valence electrons. The molecule has 3 rings (SSSR count). The summed E-state index contributed by atoms with van der Waals surface area (Å²) in [6.45, 7) is 3.72. The lowest BCUT2D eigenvalue weighted by Crippen LogP contribution is -2.36. The fourth-order valence-corrected chi connectivity index (χ4v) is 2.64. The summed E-state index contributed by atoms with van der Waals surface area (Å²) in [6.07, 6.45) is 0. The first-order chi connectivity index (χ1) is 10.5. The minimum absolute atomic E-state index is 0.0234. The number of aryl methyl sites for hydroxylation is 2. The standard InChI is InChI=1S/C15H14N4O2S/c1-8-5-10-6-11(3-4-13(10)21-8)18-15(16)19-14(20)12-7-22-9(2)17-12/h3-7H,1-2H3,(H3,16,18,19,20). The fourth-order valence-electron chi connectivity index (χ4n) is 2.05. The van der Waals surface area contributed by atoms with Gasteiger partial charge in [0.2, 0.25) is 5.96 Å². The lowest BCUT2D eigenvalue weighted by Gasteiger charge is -2.02. The van der Waals surface area contributed by atoms with Gasteiger partial charge in [-0.25, -0.2) is 9.98 Å². The third-order valence-electron chi connectivity index (χ3n) is 2.97. The molecule has 0 radical (unpaired) electrons. The Morgan fingerprint density at radius 1 is 1.36 bits per heavy atom. The molecule has 2 heterocycles. The van der Waals surface area contributed by atoms with E-state index < -0.39 is 0 Å². The second-order valence-electron chi connectivity index (χ2n) is 4.78. The molecule has 3 aromatic rings. The lowest BCUT2D eigenvalue weighted by molar-refractivity contribution is 0.0972. The normalized spacial score (nSPS) is 11.8. The highest BCUT2D eigenvalue weighted by Gasteiger charge is 2.10. The summed E-state index contributed by atoms with van der Waals surface area (Å²) in [6, 6.07) is 7.36. The number of nitrogens with two attached hydrogens (primary N) is 1. The van der Waals surface area contributed by atoms with Crippen molar-refractivity contribution in [2.45, 2.75) is 13.8 Å². The third kappa shape index (κ3) is 2.99. The van der Waals surface area contributed by atoms with Crippen LogP contribution in [-0.2, 0) is 0 Å². The van der Waals surface area contributed by atoms with Crippen molar-refractivity contribution in [3.05, 3.63) is 46.1 Å². The number of aromatic nitrogens is 1. The van der Waals surface area contributed by atoms with E-state index in [0.717, 1.165) is 21.7 Å². The molecule has 0 unspecified atom stereocenters. The minimum Gasteiger partial charge on any atom is -0.461 e. The van der Waals surface area contributed by atoms with Gasteiger partial charge in [-0.2, -0.15) is 0 Å². The number of rotatable bonds is 2. The van der Waals surface area contributed by atoms with Crippen molar-refractivity contribution < 1.29 is 9.21 Å². The number of nitrogens with zero attached hydrogens (tertiary/aromatic N) is 2. The van der Waals surface area contributed by atoms with Crippen LogP contribution in [0.4, 0.5) is 5.69 Å². The average Bonchev–Trinajstić information content (AvgIpc) is 3.03. The number of furan rings is 1. The first kappa shape index (κ1) is 14.3. The number of amides is 1. The van der Waals surface area contributed by atoms with Gasteiger partial charge in [-0.3, -0.25) is 10.1 Å². The number of hydrogen-bond donors (Lipinski definition) is 2. The van der Waals surface area contributed by atoms with Gasteiger partial charge in [-0.05, 0) is 38.1 Å². The Hall–Kier alpha value is -2.67. The molecular formula is C15H14N4O2S. The summed E-state index contributed by atoms with van der Waals surface area (Å²) in [5.41, 5.74) is 7.53. The van der Waals surface area contributed by atoms with Crippen molar-refractivity contribution in [3.63, 3.8) is 0 Å². The van der Waals surface area contributed by atoms with E-state index in [1.54, 1.807) is 11.4 Å². The summed E-state index contributed by atoms with van der Waals surface area (Å²) < 4.78 is 5.50. The first-order valence-corrected chi connectivity index (χ1v) is 7.47. The van der Waals surface area contributed by atoms with Crippen LogP contribution in [0.3, 0.4) is 0 Å². The third-order valence-corrected chi connectivity index (χ3v) is 3.74. The molecule has 0 saturated heterocycles. The van der Waals surface area contributed by atoms with Crippen LogP contribution in [0, 0.1) is 13.8 Å². The lowest BCUT2D eigenvalue weighted by atomic mass is 10.2. The van der Waals surface area contributed by atoms with E-state index in [4.69, 9.17) is 10.2 Å². The summed E-state index contributed by atoms with van der Waals surface area (Å²) in [5, 5.41) is 5.96. The van der Waals surface area contributed by atoms with Crippen molar-refractivity contribution in [3.8, 4) is 0 Å². The zero-order valence-corrected chi connectivity index (χ0v) is 12.9. The molecule has 6 nitrogen and oxygen atoms in total. The number of aliphatic imine (C=N–C) groups is 1. The number of fused-ring (bicyclic) bond motifs is 1. The molecule has 1 aromatic carbocycles. The van der Waals surface area contributed by atoms with Gasteiger partial charge in [0.15, 0.2) is 0 Å². The zero-order chi connectivity index (χ0) is 15.7. The molecule has 0 atom stereocenters. The van der Waals surface area contributed by atoms with Crippen molar-refractivity contribution in [2.24, 2.45) is 10.7 Å². The Kier molecular flexibility index (Phi) is 3.64. The Bertz CT molecular complexity index is 879. The molecule has 0 aliphatic rings. The molecule has 0 aliphatic heterocycles. The van der Waals surface area contributed by atoms with E-state index in [1.165, 1.54) is 11.3 Å². The van der Waals surface area contributed by atoms with Gasteiger partial charge in [0.25, 0.3) is 5.91 Å². The topological polar surface area (TPSA) is 93.5 Å². The number of carbonyl (C=O) groups excluding carboxylic acids is 1. The molecule has 0 fully saturated rings. The van der Waals surface area contributed by atoms with E-state index in [9.17, 15) is 4.79 Å². The van der Waals surface area contributed by atoms with Crippen molar-refractivity contribution in [1.29, 1.82) is 0 Å². The van der Waals surface area contributed by atoms with Gasteiger partial charge >= 0.3 is 0 Å². The number of guanidine groups is 1. The Balaban J connectivity index is 1.78. The molecule has 7 heteroatoms. The Labute approximate surface area is 130 Å². The predicted molar refractivity (Wildman–Crippen MR) is 86.6 cm³/mol. The maximum Gasteiger partial charge on any atom is 0.277 e. The van der Waals surface area contributed by atoms with E-state index >= 15 is 0 Å². The second-order valence-corrected chi connectivity index (χ2v) is 5.84. The molecule has 2 aromatic heterocycles. The molecule has 0 bridgehead atoms. The largest absolute Gasteiger partial charge is 0.461 e. The summed E-state index contributed by atoms with van der Waals surface area (Å²) in [4.78, 5) is 20.2. The van der Waals surface area contributed by atoms with Gasteiger partial charge in [-0.1, -0.05) is 0 Å². The van der Waals surface area contributed by atoms with Crippen LogP contribution in [-0.4, -0.2) is 16.9 Å². The van der Waals surface area contributed by atoms with Crippen LogP contribution >= 0.6 is 11.3 Å². The van der Waals surface area contributed by atoms with Crippen LogP contribution in [0.25, 0.3) is 11.0 Å². The van der Waals surface area contributed by atoms with Crippen molar-refractivity contribution in [2.75, 3.05) is 0 Å².